The first kappa shape index (κ1) is 21.6. The molecule has 0 heterocycles. The Labute approximate surface area is 170 Å². The number of carbonyl (C=O) groups excluding carboxylic acids is 2. The normalized spacial score (nSPS) is 10.5. The van der Waals surface area contributed by atoms with Crippen LogP contribution in [0.1, 0.15) is 37.6 Å². The van der Waals surface area contributed by atoms with Crippen molar-refractivity contribution in [1.82, 2.24) is 0 Å². The Balaban J connectivity index is 2.18. The number of nitrogens with one attached hydrogen (secondary N) is 2. The Hall–Kier alpha value is -2.73. The Morgan fingerprint density at radius 3 is 2.43 bits per heavy atom. The van der Waals surface area contributed by atoms with Crippen LogP contribution in [0.5, 0.6) is 11.5 Å². The molecule has 0 radical (unpaired) electrons. The summed E-state index contributed by atoms with van der Waals surface area (Å²) in [6, 6.07) is 9.82. The number of rotatable bonds is 8. The van der Waals surface area contributed by atoms with Crippen molar-refractivity contribution >= 4 is 34.8 Å². The van der Waals surface area contributed by atoms with Gasteiger partial charge in [-0.2, -0.15) is 0 Å². The molecule has 7 heteroatoms. The van der Waals surface area contributed by atoms with Crippen molar-refractivity contribution in [1.29, 1.82) is 0 Å². The highest BCUT2D eigenvalue weighted by Gasteiger charge is 2.14. The first-order valence-electron chi connectivity index (χ1n) is 8.99. The molecular weight excluding hydrogens is 380 g/mol. The monoisotopic (exact) mass is 404 g/mol. The maximum absolute atomic E-state index is 12.7. The summed E-state index contributed by atoms with van der Waals surface area (Å²) >= 11 is 6.02. The SMILES string of the molecule is COc1cc(C(=O)Nc2cc(Cl)ccc2NC(C)=O)ccc1OCCC(C)C. The predicted molar refractivity (Wildman–Crippen MR) is 112 cm³/mol. The number of amides is 2. The summed E-state index contributed by atoms with van der Waals surface area (Å²) < 4.78 is 11.1. The van der Waals surface area contributed by atoms with Crippen LogP contribution in [0.2, 0.25) is 5.02 Å². The van der Waals surface area contributed by atoms with Gasteiger partial charge in [0.25, 0.3) is 5.91 Å². The number of methoxy groups -OCH3 is 1. The Bertz CT molecular complexity index is 852. The molecule has 2 rings (SSSR count). The first-order chi connectivity index (χ1) is 13.3. The fourth-order valence-electron chi connectivity index (χ4n) is 2.45. The van der Waals surface area contributed by atoms with Crippen molar-refractivity contribution in [2.75, 3.05) is 24.4 Å². The van der Waals surface area contributed by atoms with Crippen molar-refractivity contribution in [2.24, 2.45) is 5.92 Å². The van der Waals surface area contributed by atoms with Gasteiger partial charge in [0.05, 0.1) is 25.1 Å². The third-order valence-electron chi connectivity index (χ3n) is 3.92. The maximum Gasteiger partial charge on any atom is 0.255 e. The van der Waals surface area contributed by atoms with Crippen LogP contribution in [0, 0.1) is 5.92 Å². The molecule has 0 atom stereocenters. The molecule has 2 amide bonds. The molecule has 0 saturated heterocycles. The van der Waals surface area contributed by atoms with E-state index >= 15 is 0 Å². The molecule has 0 bridgehead atoms. The minimum atomic E-state index is -0.360. The molecule has 0 aliphatic carbocycles. The number of anilines is 2. The summed E-state index contributed by atoms with van der Waals surface area (Å²) in [7, 11) is 1.53. The van der Waals surface area contributed by atoms with Gasteiger partial charge in [0.15, 0.2) is 11.5 Å². The van der Waals surface area contributed by atoms with E-state index in [-0.39, 0.29) is 11.8 Å². The highest BCUT2D eigenvalue weighted by Crippen LogP contribution is 2.30. The molecule has 2 N–H and O–H groups in total. The lowest BCUT2D eigenvalue weighted by Gasteiger charge is -2.14. The molecule has 0 aliphatic heterocycles. The average molecular weight is 405 g/mol. The quantitative estimate of drug-likeness (QED) is 0.650. The van der Waals surface area contributed by atoms with Gasteiger partial charge < -0.3 is 20.1 Å². The fraction of sp³-hybridized carbons (Fsp3) is 0.333. The Kier molecular flexibility index (Phi) is 7.70. The Morgan fingerprint density at radius 1 is 1.04 bits per heavy atom. The van der Waals surface area contributed by atoms with Gasteiger partial charge in [-0.25, -0.2) is 0 Å². The lowest BCUT2D eigenvalue weighted by atomic mass is 10.1. The van der Waals surface area contributed by atoms with Crippen LogP contribution in [-0.4, -0.2) is 25.5 Å². The van der Waals surface area contributed by atoms with Crippen molar-refractivity contribution in [3.63, 3.8) is 0 Å². The van der Waals surface area contributed by atoms with Crippen LogP contribution in [0.4, 0.5) is 11.4 Å². The van der Waals surface area contributed by atoms with Crippen molar-refractivity contribution in [2.45, 2.75) is 27.2 Å². The van der Waals surface area contributed by atoms with Gasteiger partial charge in [-0.05, 0) is 48.7 Å². The molecule has 0 unspecified atom stereocenters. The van der Waals surface area contributed by atoms with Gasteiger partial charge in [-0.1, -0.05) is 25.4 Å². The van der Waals surface area contributed by atoms with Crippen LogP contribution in [0.25, 0.3) is 0 Å². The Morgan fingerprint density at radius 2 is 1.79 bits per heavy atom. The first-order valence-corrected chi connectivity index (χ1v) is 9.37. The number of hydrogen-bond donors (Lipinski definition) is 2. The smallest absolute Gasteiger partial charge is 0.255 e. The zero-order valence-electron chi connectivity index (χ0n) is 16.5. The van der Waals surface area contributed by atoms with Crippen LogP contribution < -0.4 is 20.1 Å². The molecular formula is C21H25ClN2O4. The average Bonchev–Trinajstić information content (AvgIpc) is 2.63. The van der Waals surface area contributed by atoms with Gasteiger partial charge in [0, 0.05) is 17.5 Å². The molecule has 0 fully saturated rings. The maximum atomic E-state index is 12.7. The van der Waals surface area contributed by atoms with E-state index in [0.717, 1.165) is 6.42 Å². The largest absolute Gasteiger partial charge is 0.493 e. The number of carbonyl (C=O) groups is 2. The molecule has 28 heavy (non-hydrogen) atoms. The third-order valence-corrected chi connectivity index (χ3v) is 4.15. The van der Waals surface area contributed by atoms with Crippen LogP contribution in [0.3, 0.4) is 0 Å². The third kappa shape index (κ3) is 6.16. The van der Waals surface area contributed by atoms with E-state index in [4.69, 9.17) is 21.1 Å². The summed E-state index contributed by atoms with van der Waals surface area (Å²) in [5, 5.41) is 5.87. The van der Waals surface area contributed by atoms with Crippen LogP contribution in [0.15, 0.2) is 36.4 Å². The number of hydrogen-bond acceptors (Lipinski definition) is 4. The zero-order chi connectivity index (χ0) is 20.7. The lowest BCUT2D eigenvalue weighted by Crippen LogP contribution is -2.15. The van der Waals surface area contributed by atoms with Crippen molar-refractivity contribution in [3.8, 4) is 11.5 Å². The molecule has 0 aliphatic rings. The summed E-state index contributed by atoms with van der Waals surface area (Å²) in [5.41, 5.74) is 1.26. The molecule has 0 spiro atoms. The number of halogens is 1. The molecule has 6 nitrogen and oxygen atoms in total. The van der Waals surface area contributed by atoms with Crippen molar-refractivity contribution in [3.05, 3.63) is 47.0 Å². The zero-order valence-corrected chi connectivity index (χ0v) is 17.2. The highest BCUT2D eigenvalue weighted by molar-refractivity contribution is 6.31. The summed E-state index contributed by atoms with van der Waals surface area (Å²) in [5.74, 6) is 0.987. The van der Waals surface area contributed by atoms with E-state index < -0.39 is 0 Å². The summed E-state index contributed by atoms with van der Waals surface area (Å²) in [4.78, 5) is 24.1. The lowest BCUT2D eigenvalue weighted by molar-refractivity contribution is -0.114. The number of benzene rings is 2. The standard InChI is InChI=1S/C21H25ClN2O4/c1-13(2)9-10-28-19-8-5-15(11-20(19)27-4)21(26)24-18-12-16(22)6-7-17(18)23-14(3)25/h5-8,11-13H,9-10H2,1-4H3,(H,23,25)(H,24,26). The fourth-order valence-corrected chi connectivity index (χ4v) is 2.62. The van der Waals surface area contributed by atoms with Crippen LogP contribution in [-0.2, 0) is 4.79 Å². The van der Waals surface area contributed by atoms with Crippen molar-refractivity contribution < 1.29 is 19.1 Å². The predicted octanol–water partition coefficient (Wildman–Crippen LogP) is 4.98. The van der Waals surface area contributed by atoms with E-state index in [1.165, 1.54) is 14.0 Å². The van der Waals surface area contributed by atoms with Gasteiger partial charge in [0.2, 0.25) is 5.91 Å². The van der Waals surface area contributed by atoms with E-state index in [0.29, 0.717) is 46.0 Å². The summed E-state index contributed by atoms with van der Waals surface area (Å²) in [6.45, 7) is 6.21. The van der Waals surface area contributed by atoms with E-state index in [1.807, 2.05) is 0 Å². The van der Waals surface area contributed by atoms with Gasteiger partial charge in [-0.15, -0.1) is 0 Å². The van der Waals surface area contributed by atoms with E-state index in [9.17, 15) is 9.59 Å². The molecule has 0 aromatic heterocycles. The second kappa shape index (κ2) is 9.99. The topological polar surface area (TPSA) is 76.7 Å². The van der Waals surface area contributed by atoms with E-state index in [2.05, 4.69) is 24.5 Å². The second-order valence-corrected chi connectivity index (χ2v) is 7.16. The minimum Gasteiger partial charge on any atom is -0.493 e. The molecule has 2 aromatic carbocycles. The highest BCUT2D eigenvalue weighted by atomic mass is 35.5. The van der Waals surface area contributed by atoms with E-state index in [1.54, 1.807) is 36.4 Å². The molecule has 0 saturated carbocycles. The van der Waals surface area contributed by atoms with Gasteiger partial charge >= 0.3 is 0 Å². The summed E-state index contributed by atoms with van der Waals surface area (Å²) in [6.07, 6.45) is 0.923. The molecule has 150 valence electrons. The van der Waals surface area contributed by atoms with Gasteiger partial charge in [-0.3, -0.25) is 9.59 Å². The van der Waals surface area contributed by atoms with Crippen LogP contribution >= 0.6 is 11.6 Å². The van der Waals surface area contributed by atoms with Gasteiger partial charge in [0.1, 0.15) is 0 Å². The molecule has 2 aromatic rings. The minimum absolute atomic E-state index is 0.248. The second-order valence-electron chi connectivity index (χ2n) is 6.72. The number of ether oxygens (including phenoxy) is 2.